The molecule has 0 spiro atoms. The monoisotopic (exact) mass is 336 g/mol. The number of thiophene rings is 1. The zero-order valence-corrected chi connectivity index (χ0v) is 13.1. The highest BCUT2D eigenvalue weighted by Gasteiger charge is 2.15. The zero-order chi connectivity index (χ0) is 13.1. The molecule has 1 aromatic heterocycles. The van der Waals surface area contributed by atoms with Crippen molar-refractivity contribution in [2.24, 2.45) is 0 Å². The van der Waals surface area contributed by atoms with Crippen molar-refractivity contribution in [2.75, 3.05) is 23.3 Å². The number of hydrogen-bond acceptors (Lipinski definition) is 3. The minimum Gasteiger partial charge on any atom is -0.378 e. The van der Waals surface area contributed by atoms with Gasteiger partial charge in [0, 0.05) is 22.4 Å². The van der Waals surface area contributed by atoms with E-state index >= 15 is 0 Å². The van der Waals surface area contributed by atoms with Crippen LogP contribution in [-0.2, 0) is 6.54 Å². The first-order chi connectivity index (χ1) is 9.34. The molecule has 1 aliphatic rings. The van der Waals surface area contributed by atoms with E-state index in [1.807, 2.05) is 0 Å². The van der Waals surface area contributed by atoms with Crippen molar-refractivity contribution < 1.29 is 0 Å². The predicted octanol–water partition coefficient (Wildman–Crippen LogP) is 4.72. The Morgan fingerprint density at radius 3 is 2.68 bits per heavy atom. The fraction of sp³-hybridized carbons (Fsp3) is 0.333. The molecule has 0 aliphatic carbocycles. The van der Waals surface area contributed by atoms with Gasteiger partial charge in [-0.05, 0) is 52.4 Å². The van der Waals surface area contributed by atoms with E-state index in [0.29, 0.717) is 0 Å². The summed E-state index contributed by atoms with van der Waals surface area (Å²) >= 11 is 5.37. The molecule has 3 rings (SSSR count). The molecule has 2 aromatic rings. The average Bonchev–Trinajstić information content (AvgIpc) is 3.08. The van der Waals surface area contributed by atoms with Gasteiger partial charge >= 0.3 is 0 Å². The molecule has 1 fully saturated rings. The lowest BCUT2D eigenvalue weighted by Crippen LogP contribution is -2.19. The minimum absolute atomic E-state index is 0.878. The van der Waals surface area contributed by atoms with E-state index in [-0.39, 0.29) is 0 Å². The van der Waals surface area contributed by atoms with Crippen LogP contribution in [0.1, 0.15) is 17.7 Å². The fourth-order valence-electron chi connectivity index (χ4n) is 2.48. The highest BCUT2D eigenvalue weighted by molar-refractivity contribution is 9.10. The van der Waals surface area contributed by atoms with Crippen LogP contribution in [-0.4, -0.2) is 13.1 Å². The van der Waals surface area contributed by atoms with E-state index < -0.39 is 0 Å². The van der Waals surface area contributed by atoms with Crippen molar-refractivity contribution in [1.82, 2.24) is 0 Å². The fourth-order valence-corrected chi connectivity index (χ4v) is 3.92. The first kappa shape index (κ1) is 13.0. The Balaban J connectivity index is 1.75. The summed E-state index contributed by atoms with van der Waals surface area (Å²) in [5.74, 6) is 0. The highest BCUT2D eigenvalue weighted by atomic mass is 79.9. The number of anilines is 2. The van der Waals surface area contributed by atoms with Crippen LogP contribution >= 0.6 is 27.3 Å². The van der Waals surface area contributed by atoms with Gasteiger partial charge in [-0.1, -0.05) is 12.1 Å². The molecule has 0 unspecified atom stereocenters. The Hall–Kier alpha value is -1.00. The van der Waals surface area contributed by atoms with Crippen LogP contribution < -0.4 is 10.2 Å². The topological polar surface area (TPSA) is 15.3 Å². The van der Waals surface area contributed by atoms with Crippen LogP contribution in [0.4, 0.5) is 11.4 Å². The zero-order valence-electron chi connectivity index (χ0n) is 10.7. The number of rotatable bonds is 4. The van der Waals surface area contributed by atoms with Gasteiger partial charge in [-0.3, -0.25) is 0 Å². The van der Waals surface area contributed by atoms with Crippen molar-refractivity contribution in [1.29, 1.82) is 0 Å². The van der Waals surface area contributed by atoms with Crippen molar-refractivity contribution >= 4 is 38.6 Å². The van der Waals surface area contributed by atoms with E-state index in [4.69, 9.17) is 0 Å². The van der Waals surface area contributed by atoms with Crippen LogP contribution in [0.2, 0.25) is 0 Å². The summed E-state index contributed by atoms with van der Waals surface area (Å²) in [5.41, 5.74) is 2.58. The summed E-state index contributed by atoms with van der Waals surface area (Å²) in [6, 6.07) is 10.7. The lowest BCUT2D eigenvalue weighted by molar-refractivity contribution is 0.949. The Morgan fingerprint density at radius 1 is 1.16 bits per heavy atom. The molecule has 2 heterocycles. The maximum Gasteiger partial charge on any atom is 0.0602 e. The molecule has 1 N–H and O–H groups in total. The van der Waals surface area contributed by atoms with Crippen molar-refractivity contribution in [3.63, 3.8) is 0 Å². The minimum atomic E-state index is 0.878. The number of nitrogens with zero attached hydrogens (tertiary/aromatic N) is 1. The maximum absolute atomic E-state index is 3.58. The van der Waals surface area contributed by atoms with Gasteiger partial charge in [0.05, 0.1) is 17.9 Å². The van der Waals surface area contributed by atoms with Crippen LogP contribution in [0.25, 0.3) is 0 Å². The molecule has 19 heavy (non-hydrogen) atoms. The van der Waals surface area contributed by atoms with Crippen molar-refractivity contribution in [2.45, 2.75) is 19.4 Å². The Kier molecular flexibility index (Phi) is 4.09. The van der Waals surface area contributed by atoms with Gasteiger partial charge in [-0.15, -0.1) is 11.3 Å². The average molecular weight is 337 g/mol. The largest absolute Gasteiger partial charge is 0.378 e. The number of halogens is 1. The second kappa shape index (κ2) is 5.97. The summed E-state index contributed by atoms with van der Waals surface area (Å²) in [6.07, 6.45) is 2.62. The number of para-hydroxylation sites is 2. The molecular weight excluding hydrogens is 320 g/mol. The standard InChI is InChI=1S/C15H17BrN2S/c16-12-7-10-19-15(12)11-17-13-5-1-2-6-14(13)18-8-3-4-9-18/h1-2,5-7,10,17H,3-4,8-9,11H2. The molecule has 1 saturated heterocycles. The molecule has 0 atom stereocenters. The number of nitrogens with one attached hydrogen (secondary N) is 1. The first-order valence-electron chi connectivity index (χ1n) is 6.64. The molecule has 1 aromatic carbocycles. The molecule has 2 nitrogen and oxygen atoms in total. The predicted molar refractivity (Wildman–Crippen MR) is 87.2 cm³/mol. The van der Waals surface area contributed by atoms with Crippen LogP contribution in [0.15, 0.2) is 40.2 Å². The van der Waals surface area contributed by atoms with Crippen LogP contribution in [0, 0.1) is 0 Å². The molecule has 4 heteroatoms. The van der Waals surface area contributed by atoms with Gasteiger partial charge in [0.25, 0.3) is 0 Å². The molecule has 0 amide bonds. The van der Waals surface area contributed by atoms with E-state index in [2.05, 4.69) is 61.9 Å². The second-order valence-corrected chi connectivity index (χ2v) is 6.61. The molecule has 1 aliphatic heterocycles. The smallest absolute Gasteiger partial charge is 0.0602 e. The number of hydrogen-bond donors (Lipinski definition) is 1. The van der Waals surface area contributed by atoms with Gasteiger partial charge in [0.2, 0.25) is 0 Å². The highest BCUT2D eigenvalue weighted by Crippen LogP contribution is 2.30. The lowest BCUT2D eigenvalue weighted by atomic mass is 10.2. The normalized spacial score (nSPS) is 14.9. The summed E-state index contributed by atoms with van der Waals surface area (Å²) in [6.45, 7) is 3.24. The van der Waals surface area contributed by atoms with Crippen molar-refractivity contribution in [3.8, 4) is 0 Å². The Morgan fingerprint density at radius 2 is 1.95 bits per heavy atom. The molecule has 0 radical (unpaired) electrons. The van der Waals surface area contributed by atoms with Gasteiger partial charge in [-0.2, -0.15) is 0 Å². The molecular formula is C15H17BrN2S. The van der Waals surface area contributed by atoms with Gasteiger partial charge < -0.3 is 10.2 Å². The van der Waals surface area contributed by atoms with Gasteiger partial charge in [-0.25, -0.2) is 0 Å². The third kappa shape index (κ3) is 2.95. The molecule has 100 valence electrons. The quantitative estimate of drug-likeness (QED) is 0.868. The summed E-state index contributed by atoms with van der Waals surface area (Å²) in [7, 11) is 0. The number of benzene rings is 1. The second-order valence-electron chi connectivity index (χ2n) is 4.76. The first-order valence-corrected chi connectivity index (χ1v) is 8.31. The molecule has 0 bridgehead atoms. The van der Waals surface area contributed by atoms with Gasteiger partial charge in [0.1, 0.15) is 0 Å². The SMILES string of the molecule is Brc1ccsc1CNc1ccccc1N1CCCC1. The Bertz CT molecular complexity index is 547. The third-order valence-corrected chi connectivity index (χ3v) is 5.41. The van der Waals surface area contributed by atoms with Gasteiger partial charge in [0.15, 0.2) is 0 Å². The summed E-state index contributed by atoms with van der Waals surface area (Å²) in [5, 5.41) is 5.69. The van der Waals surface area contributed by atoms with E-state index in [1.165, 1.54) is 46.7 Å². The Labute approximate surface area is 126 Å². The van der Waals surface area contributed by atoms with E-state index in [0.717, 1.165) is 6.54 Å². The lowest BCUT2D eigenvalue weighted by Gasteiger charge is -2.21. The van der Waals surface area contributed by atoms with Crippen molar-refractivity contribution in [3.05, 3.63) is 45.1 Å². The molecule has 0 saturated carbocycles. The van der Waals surface area contributed by atoms with E-state index in [9.17, 15) is 0 Å². The third-order valence-electron chi connectivity index (χ3n) is 3.48. The summed E-state index contributed by atoms with van der Waals surface area (Å²) < 4.78 is 1.20. The van der Waals surface area contributed by atoms with E-state index in [1.54, 1.807) is 11.3 Å². The van der Waals surface area contributed by atoms with Crippen LogP contribution in [0.5, 0.6) is 0 Å². The summed E-state index contributed by atoms with van der Waals surface area (Å²) in [4.78, 5) is 3.82. The van der Waals surface area contributed by atoms with Crippen LogP contribution in [0.3, 0.4) is 0 Å². The maximum atomic E-state index is 3.58.